The average Bonchev–Trinajstić information content (AvgIpc) is 3.84. The maximum absolute atomic E-state index is 14.4. The fourth-order valence-corrected chi connectivity index (χ4v) is 9.03. The molecule has 2 aromatic carbocycles. The first-order valence-corrected chi connectivity index (χ1v) is 23.2. The van der Waals surface area contributed by atoms with Crippen molar-refractivity contribution in [1.82, 2.24) is 45.2 Å². The topological polar surface area (TPSA) is 204 Å². The third-order valence-electron chi connectivity index (χ3n) is 11.5. The summed E-state index contributed by atoms with van der Waals surface area (Å²) in [5.74, 6) is -1.11. The van der Waals surface area contributed by atoms with Crippen LogP contribution in [-0.2, 0) is 20.4 Å². The third-order valence-corrected chi connectivity index (χ3v) is 13.4. The molecule has 2 aliphatic rings. The number of aromatic nitrogens is 6. The number of carbonyl (C=O) groups excluding carboxylic acids is 3. The van der Waals surface area contributed by atoms with E-state index in [4.69, 9.17) is 4.74 Å². The van der Waals surface area contributed by atoms with Gasteiger partial charge in [0.15, 0.2) is 5.82 Å². The average molecular weight is 929 g/mol. The molecule has 20 heteroatoms. The molecule has 0 bridgehead atoms. The highest BCUT2D eigenvalue weighted by Crippen LogP contribution is 2.36. The first-order chi connectivity index (χ1) is 31.3. The van der Waals surface area contributed by atoms with E-state index in [0.717, 1.165) is 49.4 Å². The van der Waals surface area contributed by atoms with Crippen molar-refractivity contribution in [2.75, 3.05) is 61.4 Å². The second kappa shape index (κ2) is 19.8. The molecule has 2 aliphatic heterocycles. The molecule has 17 nitrogen and oxygen atoms in total. The van der Waals surface area contributed by atoms with E-state index in [-0.39, 0.29) is 31.0 Å². The number of amides is 3. The van der Waals surface area contributed by atoms with Gasteiger partial charge in [-0.3, -0.25) is 28.6 Å². The summed E-state index contributed by atoms with van der Waals surface area (Å²) in [7, 11) is -1.40. The molecular formula is C46H58F2N12O5S. The summed E-state index contributed by atoms with van der Waals surface area (Å²) >= 11 is 0. The van der Waals surface area contributed by atoms with Gasteiger partial charge in [-0.25, -0.2) is 28.7 Å². The summed E-state index contributed by atoms with van der Waals surface area (Å²) in [5.41, 5.74) is 1.65. The number of carbonyl (C=O) groups is 3. The number of anilines is 4. The van der Waals surface area contributed by atoms with Crippen molar-refractivity contribution in [3.8, 4) is 5.75 Å². The Balaban J connectivity index is 0.914. The van der Waals surface area contributed by atoms with Crippen LogP contribution < -0.4 is 25.6 Å². The number of nitrogens with one attached hydrogen (secondary N) is 4. The lowest BCUT2D eigenvalue weighted by atomic mass is 9.91. The fourth-order valence-electron chi connectivity index (χ4n) is 7.85. The van der Waals surface area contributed by atoms with Crippen molar-refractivity contribution in [2.45, 2.75) is 96.4 Å². The van der Waals surface area contributed by atoms with Crippen LogP contribution in [0.15, 0.2) is 53.9 Å². The quantitative estimate of drug-likeness (QED) is 0.0938. The van der Waals surface area contributed by atoms with Gasteiger partial charge in [-0.2, -0.15) is 5.10 Å². The molecule has 3 aromatic heterocycles. The predicted molar refractivity (Wildman–Crippen MR) is 248 cm³/mol. The summed E-state index contributed by atoms with van der Waals surface area (Å²) in [4.78, 5) is 64.4. The van der Waals surface area contributed by atoms with Crippen LogP contribution >= 0.6 is 0 Å². The molecule has 66 heavy (non-hydrogen) atoms. The van der Waals surface area contributed by atoms with Gasteiger partial charge in [-0.1, -0.05) is 26.8 Å². The van der Waals surface area contributed by atoms with Gasteiger partial charge in [0.1, 0.15) is 52.8 Å². The van der Waals surface area contributed by atoms with Crippen LogP contribution in [0.4, 0.5) is 31.9 Å². The molecule has 2 saturated heterocycles. The number of para-hydroxylation sites is 1. The van der Waals surface area contributed by atoms with Crippen LogP contribution in [0.1, 0.15) is 82.6 Å². The van der Waals surface area contributed by atoms with Crippen LogP contribution in [0, 0.1) is 30.9 Å². The number of nitrogens with zero attached hydrogens (tertiary/aromatic N) is 8. The van der Waals surface area contributed by atoms with Gasteiger partial charge in [-0.15, -0.1) is 0 Å². The Kier molecular flexibility index (Phi) is 14.3. The molecule has 0 saturated carbocycles. The van der Waals surface area contributed by atoms with Crippen molar-refractivity contribution in [2.24, 2.45) is 5.41 Å². The third kappa shape index (κ3) is 11.3. The number of hydrogen-bond acceptors (Lipinski definition) is 13. The highest BCUT2D eigenvalue weighted by molar-refractivity contribution is 7.86. The standard InChI is InChI=1S/C46H58F2N12O5S/c1-27-28(2)56-57-41(27)55-42-30-20-37(66(64)46(6,7)8)36(21-33(30)51-26-52-42)65-18-10-13-58-14-16-59(17-15-58)38-24-49-34(23-50-38)43(62)53-29-19-35(60(25-29)39(61)22-45(3,4)5)44(63)54-40-31(47)11-9-12-32(40)48/h9,11-12,20-21,23-24,26,29,35H,10,13-19,22,25H2,1-8H3,(H,53,62)(H,54,63)(H2,51,52,55,56,57). The maximum atomic E-state index is 14.4. The number of rotatable bonds is 14. The van der Waals surface area contributed by atoms with E-state index in [0.29, 0.717) is 58.7 Å². The van der Waals surface area contributed by atoms with Crippen LogP contribution in [-0.4, -0.2) is 125 Å². The number of fused-ring (bicyclic) bond motifs is 1. The zero-order valence-corrected chi connectivity index (χ0v) is 39.4. The monoisotopic (exact) mass is 928 g/mol. The summed E-state index contributed by atoms with van der Waals surface area (Å²) in [6.07, 6.45) is 5.33. The smallest absolute Gasteiger partial charge is 0.271 e. The highest BCUT2D eigenvalue weighted by Gasteiger charge is 2.41. The number of H-pyrrole nitrogens is 1. The molecule has 4 N–H and O–H groups in total. The predicted octanol–water partition coefficient (Wildman–Crippen LogP) is 6.05. The van der Waals surface area contributed by atoms with E-state index in [1.807, 2.05) is 67.5 Å². The molecule has 3 atom stereocenters. The van der Waals surface area contributed by atoms with Crippen molar-refractivity contribution in [3.63, 3.8) is 0 Å². The van der Waals surface area contributed by atoms with E-state index < -0.39 is 62.2 Å². The number of hydrogen-bond donors (Lipinski definition) is 4. The normalized spacial score (nSPS) is 17.5. The lowest BCUT2D eigenvalue weighted by Crippen LogP contribution is -2.47. The van der Waals surface area contributed by atoms with Crippen LogP contribution in [0.2, 0.25) is 0 Å². The van der Waals surface area contributed by atoms with Crippen molar-refractivity contribution < 1.29 is 32.1 Å². The minimum Gasteiger partial charge on any atom is -0.492 e. The number of likely N-dealkylation sites (tertiary alicyclic amines) is 1. The van der Waals surface area contributed by atoms with Crippen LogP contribution in [0.3, 0.4) is 0 Å². The van der Waals surface area contributed by atoms with E-state index in [1.54, 1.807) is 6.20 Å². The summed E-state index contributed by atoms with van der Waals surface area (Å²) in [6, 6.07) is 5.24. The summed E-state index contributed by atoms with van der Waals surface area (Å²) < 4.78 is 48.4. The van der Waals surface area contributed by atoms with Crippen LogP contribution in [0.25, 0.3) is 10.9 Å². The van der Waals surface area contributed by atoms with Crippen LogP contribution in [0.5, 0.6) is 5.75 Å². The van der Waals surface area contributed by atoms with Gasteiger partial charge in [0, 0.05) is 79.2 Å². The molecule has 0 aliphatic carbocycles. The maximum Gasteiger partial charge on any atom is 0.271 e. The van der Waals surface area contributed by atoms with E-state index in [2.05, 4.69) is 55.9 Å². The Morgan fingerprint density at radius 2 is 1.67 bits per heavy atom. The van der Waals surface area contributed by atoms with E-state index in [9.17, 15) is 27.4 Å². The van der Waals surface area contributed by atoms with Gasteiger partial charge >= 0.3 is 0 Å². The Hall–Kier alpha value is -6.15. The van der Waals surface area contributed by atoms with Gasteiger partial charge in [0.2, 0.25) is 11.8 Å². The molecule has 0 spiro atoms. The minimum absolute atomic E-state index is 0.0322. The Morgan fingerprint density at radius 1 is 0.939 bits per heavy atom. The lowest BCUT2D eigenvalue weighted by molar-refractivity contribution is -0.138. The van der Waals surface area contributed by atoms with Gasteiger partial charge in [0.05, 0.1) is 40.2 Å². The summed E-state index contributed by atoms with van der Waals surface area (Å²) in [5, 5.41) is 16.5. The molecule has 5 heterocycles. The van der Waals surface area contributed by atoms with E-state index >= 15 is 0 Å². The number of piperazine rings is 1. The number of aromatic amines is 1. The van der Waals surface area contributed by atoms with Gasteiger partial charge < -0.3 is 30.5 Å². The molecule has 7 rings (SSSR count). The van der Waals surface area contributed by atoms with Crippen molar-refractivity contribution in [3.05, 3.63) is 77.6 Å². The highest BCUT2D eigenvalue weighted by atomic mass is 32.2. The number of ether oxygens (including phenoxy) is 1. The molecule has 3 amide bonds. The number of aryl methyl sites for hydroxylation is 1. The molecule has 352 valence electrons. The first kappa shape index (κ1) is 47.8. The molecular weight excluding hydrogens is 871 g/mol. The van der Waals surface area contributed by atoms with Crippen molar-refractivity contribution >= 4 is 62.6 Å². The Labute approximate surface area is 385 Å². The van der Waals surface area contributed by atoms with Gasteiger partial charge in [0.25, 0.3) is 5.91 Å². The lowest BCUT2D eigenvalue weighted by Gasteiger charge is -2.35. The fraction of sp³-hybridized carbons (Fsp3) is 0.478. The zero-order chi connectivity index (χ0) is 47.5. The SMILES string of the molecule is Cc1[nH]nc(Nc2ncnc3cc(OCCCN4CCN(c5cnc(C(=O)NC6CC(C(=O)Nc7c(F)cccc7F)N(C(=O)CC(C)(C)C)C6)cn5)CC4)c(S(=O)C(C)(C)C)cc23)c1C. The largest absolute Gasteiger partial charge is 0.492 e. The second-order valence-corrected chi connectivity index (χ2v) is 21.2. The molecule has 2 fully saturated rings. The molecule has 3 unspecified atom stereocenters. The van der Waals surface area contributed by atoms with Crippen molar-refractivity contribution in [1.29, 1.82) is 0 Å². The Bertz CT molecular complexity index is 2590. The summed E-state index contributed by atoms with van der Waals surface area (Å²) in [6.45, 7) is 19.5. The second-order valence-electron chi connectivity index (χ2n) is 18.9. The molecule has 0 radical (unpaired) electrons. The zero-order valence-electron chi connectivity index (χ0n) is 38.6. The van der Waals surface area contributed by atoms with E-state index in [1.165, 1.54) is 23.5 Å². The first-order valence-electron chi connectivity index (χ1n) is 22.0. The Morgan fingerprint density at radius 3 is 2.30 bits per heavy atom. The molecule has 5 aromatic rings. The van der Waals surface area contributed by atoms with Gasteiger partial charge in [-0.05, 0) is 71.1 Å². The minimum atomic E-state index is -1.40. The number of benzene rings is 2. The number of halogens is 2.